The quantitative estimate of drug-likeness (QED) is 0.545. The molecule has 0 aliphatic carbocycles. The largest absolute Gasteiger partial charge is 0.366 e. The highest BCUT2D eigenvalue weighted by atomic mass is 16.2. The number of amides is 2. The Bertz CT molecular complexity index is 1000. The van der Waals surface area contributed by atoms with Gasteiger partial charge in [0.05, 0.1) is 11.1 Å². The van der Waals surface area contributed by atoms with E-state index in [1.165, 1.54) is 0 Å². The first kappa shape index (κ1) is 18.2. The third kappa shape index (κ3) is 3.75. The van der Waals surface area contributed by atoms with Crippen molar-refractivity contribution >= 4 is 22.8 Å². The molecule has 1 fully saturated rings. The van der Waals surface area contributed by atoms with E-state index in [-0.39, 0.29) is 5.91 Å². The van der Waals surface area contributed by atoms with Gasteiger partial charge in [-0.1, -0.05) is 18.2 Å². The minimum atomic E-state index is -0.510. The summed E-state index contributed by atoms with van der Waals surface area (Å²) >= 11 is 0. The van der Waals surface area contributed by atoms with Gasteiger partial charge in [-0.2, -0.15) is 0 Å². The summed E-state index contributed by atoms with van der Waals surface area (Å²) in [6.45, 7) is 2.75. The Labute approximate surface area is 162 Å². The lowest BCUT2D eigenvalue weighted by atomic mass is 9.98. The Hall–Kier alpha value is -3.19. The number of carbonyl (C=O) groups excluding carboxylic acids is 2. The first-order chi connectivity index (χ1) is 13.6. The number of nitrogens with two attached hydrogens (primary N) is 1. The molecular formula is C21H23N5O2. The lowest BCUT2D eigenvalue weighted by molar-refractivity contribution is 0.0943. The first-order valence-electron chi connectivity index (χ1n) is 9.49. The monoisotopic (exact) mass is 377 g/mol. The molecule has 0 saturated carbocycles. The highest BCUT2D eigenvalue weighted by Gasteiger charge is 2.15. The predicted molar refractivity (Wildman–Crippen MR) is 108 cm³/mol. The van der Waals surface area contributed by atoms with Gasteiger partial charge in [-0.15, -0.1) is 0 Å². The number of rotatable bonds is 5. The van der Waals surface area contributed by atoms with Crippen molar-refractivity contribution in [3.63, 3.8) is 0 Å². The lowest BCUT2D eigenvalue weighted by Crippen LogP contribution is -2.35. The Morgan fingerprint density at radius 1 is 1.11 bits per heavy atom. The van der Waals surface area contributed by atoms with Crippen LogP contribution in [0.25, 0.3) is 22.4 Å². The van der Waals surface area contributed by atoms with E-state index in [0.29, 0.717) is 34.9 Å². The van der Waals surface area contributed by atoms with E-state index in [1.807, 2.05) is 18.2 Å². The molecular weight excluding hydrogens is 354 g/mol. The van der Waals surface area contributed by atoms with Crippen molar-refractivity contribution in [3.8, 4) is 11.4 Å². The second kappa shape index (κ2) is 7.82. The van der Waals surface area contributed by atoms with Gasteiger partial charge in [-0.3, -0.25) is 9.59 Å². The van der Waals surface area contributed by atoms with Crippen LogP contribution in [0, 0.1) is 5.92 Å². The molecule has 7 heteroatoms. The van der Waals surface area contributed by atoms with Crippen LogP contribution in [0.4, 0.5) is 0 Å². The summed E-state index contributed by atoms with van der Waals surface area (Å²) in [6, 6.07) is 12.5. The molecule has 1 saturated heterocycles. The number of fused-ring (bicyclic) bond motifs is 1. The van der Waals surface area contributed by atoms with Crippen molar-refractivity contribution < 1.29 is 9.59 Å². The van der Waals surface area contributed by atoms with E-state index in [0.717, 1.165) is 37.0 Å². The van der Waals surface area contributed by atoms with Crippen molar-refractivity contribution in [3.05, 3.63) is 53.6 Å². The second-order valence-electron chi connectivity index (χ2n) is 7.13. The summed E-state index contributed by atoms with van der Waals surface area (Å²) in [5.74, 6) is 0.597. The van der Waals surface area contributed by atoms with E-state index >= 15 is 0 Å². The minimum Gasteiger partial charge on any atom is -0.366 e. The number of benzene rings is 2. The van der Waals surface area contributed by atoms with Crippen LogP contribution < -0.4 is 16.4 Å². The molecule has 1 aromatic heterocycles. The van der Waals surface area contributed by atoms with Crippen molar-refractivity contribution in [1.82, 2.24) is 20.6 Å². The van der Waals surface area contributed by atoms with Gasteiger partial charge in [0.1, 0.15) is 11.3 Å². The van der Waals surface area contributed by atoms with Crippen LogP contribution in [0.3, 0.4) is 0 Å². The van der Waals surface area contributed by atoms with E-state index in [9.17, 15) is 9.59 Å². The van der Waals surface area contributed by atoms with Crippen LogP contribution in [0.2, 0.25) is 0 Å². The predicted octanol–water partition coefficient (Wildman–Crippen LogP) is 2.06. The first-order valence-corrected chi connectivity index (χ1v) is 9.49. The van der Waals surface area contributed by atoms with Gasteiger partial charge < -0.3 is 21.4 Å². The maximum atomic E-state index is 12.4. The SMILES string of the molecule is NC(=O)c1cccc2[nH]c(-c3ccc(C(=O)NCC4CCNCC4)cc3)nc12. The third-order valence-corrected chi connectivity index (χ3v) is 5.21. The number of primary amides is 1. The number of hydrogen-bond donors (Lipinski definition) is 4. The molecule has 2 amide bonds. The van der Waals surface area contributed by atoms with Gasteiger partial charge in [0.25, 0.3) is 11.8 Å². The zero-order valence-corrected chi connectivity index (χ0v) is 15.5. The molecule has 7 nitrogen and oxygen atoms in total. The number of imidazole rings is 1. The fourth-order valence-corrected chi connectivity index (χ4v) is 3.57. The molecule has 3 aromatic rings. The molecule has 1 aliphatic rings. The number of piperidine rings is 1. The smallest absolute Gasteiger partial charge is 0.251 e. The van der Waals surface area contributed by atoms with Gasteiger partial charge in [-0.05, 0) is 56.1 Å². The zero-order valence-electron chi connectivity index (χ0n) is 15.5. The topological polar surface area (TPSA) is 113 Å². The average Bonchev–Trinajstić information content (AvgIpc) is 3.17. The summed E-state index contributed by atoms with van der Waals surface area (Å²) in [5.41, 5.74) is 8.55. The normalized spacial score (nSPS) is 14.9. The summed E-state index contributed by atoms with van der Waals surface area (Å²) in [6.07, 6.45) is 2.19. The third-order valence-electron chi connectivity index (χ3n) is 5.21. The zero-order chi connectivity index (χ0) is 19.5. The molecule has 2 aromatic carbocycles. The highest BCUT2D eigenvalue weighted by molar-refractivity contribution is 6.04. The van der Waals surface area contributed by atoms with Crippen LogP contribution in [0.5, 0.6) is 0 Å². The molecule has 0 radical (unpaired) electrons. The van der Waals surface area contributed by atoms with Gasteiger partial charge in [0, 0.05) is 17.7 Å². The second-order valence-corrected chi connectivity index (χ2v) is 7.13. The summed E-state index contributed by atoms with van der Waals surface area (Å²) in [7, 11) is 0. The van der Waals surface area contributed by atoms with Crippen molar-refractivity contribution in [1.29, 1.82) is 0 Å². The number of para-hydroxylation sites is 1. The standard InChI is InChI=1S/C21H23N5O2/c22-19(27)16-2-1-3-17-18(16)26-20(25-17)14-4-6-15(7-5-14)21(28)24-12-13-8-10-23-11-9-13/h1-7,13,23H,8-12H2,(H2,22,27)(H,24,28)(H,25,26). The van der Waals surface area contributed by atoms with E-state index in [4.69, 9.17) is 5.73 Å². The van der Waals surface area contributed by atoms with E-state index < -0.39 is 5.91 Å². The van der Waals surface area contributed by atoms with Crippen LogP contribution in [-0.2, 0) is 0 Å². The molecule has 0 spiro atoms. The van der Waals surface area contributed by atoms with E-state index in [2.05, 4.69) is 20.6 Å². The number of carbonyl (C=O) groups is 2. The van der Waals surface area contributed by atoms with Gasteiger partial charge in [0.2, 0.25) is 0 Å². The van der Waals surface area contributed by atoms with Gasteiger partial charge in [-0.25, -0.2) is 4.98 Å². The molecule has 1 aliphatic heterocycles. The van der Waals surface area contributed by atoms with Gasteiger partial charge >= 0.3 is 0 Å². The van der Waals surface area contributed by atoms with Crippen LogP contribution in [-0.4, -0.2) is 41.4 Å². The molecule has 144 valence electrons. The molecule has 28 heavy (non-hydrogen) atoms. The Morgan fingerprint density at radius 3 is 2.57 bits per heavy atom. The van der Waals surface area contributed by atoms with E-state index in [1.54, 1.807) is 24.3 Å². The lowest BCUT2D eigenvalue weighted by Gasteiger charge is -2.22. The van der Waals surface area contributed by atoms with Crippen molar-refractivity contribution in [2.45, 2.75) is 12.8 Å². The molecule has 2 heterocycles. The molecule has 4 rings (SSSR count). The summed E-state index contributed by atoms with van der Waals surface area (Å²) < 4.78 is 0. The Balaban J connectivity index is 1.48. The summed E-state index contributed by atoms with van der Waals surface area (Å²) in [4.78, 5) is 31.7. The fraction of sp³-hybridized carbons (Fsp3) is 0.286. The molecule has 5 N–H and O–H groups in total. The van der Waals surface area contributed by atoms with Crippen LogP contribution in [0.15, 0.2) is 42.5 Å². The fourth-order valence-electron chi connectivity index (χ4n) is 3.57. The number of aromatic nitrogens is 2. The number of H-pyrrole nitrogens is 1. The van der Waals surface area contributed by atoms with Crippen LogP contribution >= 0.6 is 0 Å². The molecule has 0 unspecified atom stereocenters. The van der Waals surface area contributed by atoms with Crippen molar-refractivity contribution in [2.24, 2.45) is 11.7 Å². The maximum Gasteiger partial charge on any atom is 0.251 e. The Morgan fingerprint density at radius 2 is 1.86 bits per heavy atom. The highest BCUT2D eigenvalue weighted by Crippen LogP contribution is 2.23. The number of aromatic amines is 1. The average molecular weight is 377 g/mol. The van der Waals surface area contributed by atoms with Gasteiger partial charge in [0.15, 0.2) is 0 Å². The number of nitrogens with one attached hydrogen (secondary N) is 3. The molecule has 0 bridgehead atoms. The molecule has 0 atom stereocenters. The number of nitrogens with zero attached hydrogens (tertiary/aromatic N) is 1. The summed E-state index contributed by atoms with van der Waals surface area (Å²) in [5, 5.41) is 6.36. The van der Waals surface area contributed by atoms with Crippen LogP contribution in [0.1, 0.15) is 33.6 Å². The van der Waals surface area contributed by atoms with Crippen molar-refractivity contribution in [2.75, 3.05) is 19.6 Å². The Kier molecular flexibility index (Phi) is 5.08. The minimum absolute atomic E-state index is 0.0642. The number of hydrogen-bond acceptors (Lipinski definition) is 4. The maximum absolute atomic E-state index is 12.4.